The molecule has 0 amide bonds. The molecule has 0 aromatic heterocycles. The Kier molecular flexibility index (Phi) is 19.0. The molecular weight excluding hydrogens is 292 g/mol. The van der Waals surface area contributed by atoms with E-state index in [2.05, 4.69) is 71.8 Å². The van der Waals surface area contributed by atoms with Crippen molar-refractivity contribution >= 4 is 7.63 Å². The van der Waals surface area contributed by atoms with Crippen molar-refractivity contribution in [3.05, 3.63) is 62.5 Å². The van der Waals surface area contributed by atoms with Gasteiger partial charge < -0.3 is 14.9 Å². The third-order valence-electron chi connectivity index (χ3n) is 2.76. The van der Waals surface area contributed by atoms with Gasteiger partial charge in [-0.1, -0.05) is 52.4 Å². The second-order valence-corrected chi connectivity index (χ2v) is 4.34. The fourth-order valence-electron chi connectivity index (χ4n) is 1.74. The predicted octanol–water partition coefficient (Wildman–Crippen LogP) is 5.18. The molecule has 20 heavy (non-hydrogen) atoms. The third kappa shape index (κ3) is 10.7. The van der Waals surface area contributed by atoms with Crippen molar-refractivity contribution in [3.8, 4) is 0 Å². The quantitative estimate of drug-likeness (QED) is 0.486. The van der Waals surface area contributed by atoms with Gasteiger partial charge in [0.2, 0.25) is 0 Å². The van der Waals surface area contributed by atoms with Gasteiger partial charge in [-0.3, -0.25) is 12.2 Å². The van der Waals surface area contributed by atoms with Gasteiger partial charge in [-0.2, -0.15) is 12.2 Å². The monoisotopic (exact) mass is 320 g/mol. The van der Waals surface area contributed by atoms with Gasteiger partial charge in [0.1, 0.15) is 0 Å². The molecule has 2 aliphatic rings. The van der Waals surface area contributed by atoms with Crippen molar-refractivity contribution in [1.29, 1.82) is 0 Å². The van der Waals surface area contributed by atoms with Crippen LogP contribution in [0.1, 0.15) is 40.5 Å². The van der Waals surface area contributed by atoms with Crippen LogP contribution in [0.5, 0.6) is 0 Å². The van der Waals surface area contributed by atoms with Crippen LogP contribution in [0.3, 0.4) is 0 Å². The molecular formula is C18H28SiTi-4. The molecule has 0 nitrogen and oxygen atoms in total. The maximum atomic E-state index is 3.31. The van der Waals surface area contributed by atoms with E-state index >= 15 is 0 Å². The fraction of sp³-hybridized carbons (Fsp3) is 0.444. The van der Waals surface area contributed by atoms with Gasteiger partial charge in [0, 0.05) is 0 Å². The summed E-state index contributed by atoms with van der Waals surface area (Å²) >= 11 is 1.81. The van der Waals surface area contributed by atoms with E-state index in [9.17, 15) is 0 Å². The van der Waals surface area contributed by atoms with Crippen molar-refractivity contribution in [3.63, 3.8) is 0 Å². The van der Waals surface area contributed by atoms with Crippen LogP contribution < -0.4 is 0 Å². The van der Waals surface area contributed by atoms with Crippen LogP contribution in [-0.4, -0.2) is 7.63 Å². The van der Waals surface area contributed by atoms with Crippen LogP contribution in [0.4, 0.5) is 0 Å². The summed E-state index contributed by atoms with van der Waals surface area (Å²) in [5.41, 5.74) is 2.72. The Balaban J connectivity index is -0.000000236. The summed E-state index contributed by atoms with van der Waals surface area (Å²) in [6, 6.07) is 0. The van der Waals surface area contributed by atoms with Crippen molar-refractivity contribution < 1.29 is 19.2 Å². The fourth-order valence-corrected chi connectivity index (χ4v) is 1.74. The Morgan fingerprint density at radius 2 is 1.20 bits per heavy atom. The standard InChI is InChI=1S/2C8H11.2CH3.Si.Ti/c2*1-3-8-5-4-7(2)6-8;;;;/h2*4-5,7H,3H2,1-2H3;2*1H3;;/q4*-1;;. The predicted molar refractivity (Wildman–Crippen MR) is 89.3 cm³/mol. The zero-order valence-corrected chi connectivity index (χ0v) is 16.4. The molecule has 112 valence electrons. The summed E-state index contributed by atoms with van der Waals surface area (Å²) in [6.07, 6.45) is 17.5. The van der Waals surface area contributed by atoms with E-state index in [1.165, 1.54) is 11.1 Å². The number of hydrogen-bond donors (Lipinski definition) is 0. The molecule has 0 saturated heterocycles. The van der Waals surface area contributed by atoms with E-state index in [1.807, 2.05) is 0 Å². The van der Waals surface area contributed by atoms with Crippen molar-refractivity contribution in [1.82, 2.24) is 0 Å². The molecule has 0 aliphatic heterocycles. The molecule has 0 heterocycles. The molecule has 0 N–H and O–H groups in total. The van der Waals surface area contributed by atoms with Crippen LogP contribution in [0.25, 0.3) is 0 Å². The Labute approximate surface area is 141 Å². The number of hydrogen-bond acceptors (Lipinski definition) is 0. The van der Waals surface area contributed by atoms with Crippen LogP contribution in [0.15, 0.2) is 35.5 Å². The van der Waals surface area contributed by atoms with Gasteiger partial charge in [-0.15, -0.1) is 0 Å². The van der Waals surface area contributed by atoms with Crippen molar-refractivity contribution in [2.75, 3.05) is 0 Å². The Morgan fingerprint density at radius 3 is 1.30 bits per heavy atom. The van der Waals surface area contributed by atoms with Crippen LogP contribution in [-0.2, 0) is 19.2 Å². The summed E-state index contributed by atoms with van der Waals surface area (Å²) in [6.45, 7) is 8.62. The Morgan fingerprint density at radius 1 is 0.900 bits per heavy atom. The Bertz CT molecular complexity index is 316. The second kappa shape index (κ2) is 15.3. The summed E-state index contributed by atoms with van der Waals surface area (Å²) < 4.78 is 0. The van der Waals surface area contributed by atoms with E-state index in [0.717, 1.165) is 12.8 Å². The summed E-state index contributed by atoms with van der Waals surface area (Å²) in [4.78, 5) is 0. The topological polar surface area (TPSA) is 0 Å². The van der Waals surface area contributed by atoms with Crippen molar-refractivity contribution in [2.24, 2.45) is 11.8 Å². The molecule has 2 rings (SSSR count). The molecule has 2 heteroatoms. The second-order valence-electron chi connectivity index (χ2n) is 4.34. The van der Waals surface area contributed by atoms with Gasteiger partial charge in [0.05, 0.1) is 0 Å². The minimum absolute atomic E-state index is 0. The average Bonchev–Trinajstić information content (AvgIpc) is 3.01. The van der Waals surface area contributed by atoms with E-state index in [1.54, 1.807) is 19.2 Å². The summed E-state index contributed by atoms with van der Waals surface area (Å²) in [5, 5.41) is 0. The number of rotatable bonds is 2. The first-order valence-corrected chi connectivity index (χ1v) is 9.36. The third-order valence-corrected chi connectivity index (χ3v) is 2.76. The molecule has 2 atom stereocenters. The molecule has 2 radical (unpaired) electrons. The van der Waals surface area contributed by atoms with E-state index in [-0.39, 0.29) is 14.9 Å². The molecule has 0 aromatic rings. The zero-order valence-electron chi connectivity index (χ0n) is 13.9. The zero-order chi connectivity index (χ0) is 14.0. The van der Waals surface area contributed by atoms with E-state index in [4.69, 9.17) is 0 Å². The van der Waals surface area contributed by atoms with Gasteiger partial charge >= 0.3 is 26.8 Å². The minimum atomic E-state index is 0. The molecule has 0 saturated carbocycles. The first kappa shape index (κ1) is 24.9. The normalized spacial score (nSPS) is 21.1. The molecule has 0 aromatic carbocycles. The summed E-state index contributed by atoms with van der Waals surface area (Å²) in [5.74, 6) is 1.12. The number of allylic oxidation sites excluding steroid dienone is 8. The first-order valence-electron chi connectivity index (χ1n) is 6.51. The van der Waals surface area contributed by atoms with Crippen LogP contribution >= 0.6 is 0 Å². The van der Waals surface area contributed by atoms with Gasteiger partial charge in [-0.05, 0) is 0 Å². The molecule has 0 spiro atoms. The molecule has 0 bridgehead atoms. The first-order chi connectivity index (χ1) is 8.65. The Hall–Kier alpha value is -0.109. The average molecular weight is 320 g/mol. The molecule has 2 aliphatic carbocycles. The van der Waals surface area contributed by atoms with Gasteiger partial charge in [0.15, 0.2) is 0 Å². The van der Waals surface area contributed by atoms with E-state index < -0.39 is 0 Å². The summed E-state index contributed by atoms with van der Waals surface area (Å²) in [7, 11) is 2.97. The van der Waals surface area contributed by atoms with Crippen LogP contribution in [0, 0.1) is 38.8 Å². The maximum absolute atomic E-state index is 3.31. The molecule has 0 fully saturated rings. The van der Waals surface area contributed by atoms with Crippen molar-refractivity contribution in [2.45, 2.75) is 40.5 Å². The van der Waals surface area contributed by atoms with E-state index in [0.29, 0.717) is 11.8 Å². The van der Waals surface area contributed by atoms with Gasteiger partial charge in [-0.25, -0.2) is 23.3 Å². The van der Waals surface area contributed by atoms with Gasteiger partial charge in [0.25, 0.3) is 0 Å². The van der Waals surface area contributed by atoms with Crippen LogP contribution in [0.2, 0.25) is 0 Å². The SMILES string of the molecule is CCC1=[C-]C(C)C=C1.CCC1=[C-]C(C)C=C1.[CH3-].[CH3-].[Si]=[Ti]. The molecule has 2 unspecified atom stereocenters.